The number of rotatable bonds is 9. The Bertz CT molecular complexity index is 1410. The van der Waals surface area contributed by atoms with E-state index < -0.39 is 0 Å². The van der Waals surface area contributed by atoms with Gasteiger partial charge in [-0.15, -0.1) is 0 Å². The molecule has 3 N–H and O–H groups in total. The highest BCUT2D eigenvalue weighted by Crippen LogP contribution is 2.27. The standard InChI is InChI=1S/C26H29N9O2.H2S/c1-16(18-6-5-7-19-20(25(37)27-2)8-9-28-24(18)19)11-29-22-10-21(33-15-34-22)17-12-30-26(31-13-17)32-14-23(36)35(3)4;/h5-10,12-13,15-16H,11,14H2,1-4H3,(H,27,37)(H,29,33,34)(H,30,31,32);1H2/t16-;/m1./s1. The number of likely N-dealkylation sites (N-methyl/N-ethyl adjacent to an activating group) is 1. The van der Waals surface area contributed by atoms with E-state index in [4.69, 9.17) is 0 Å². The van der Waals surface area contributed by atoms with E-state index in [1.54, 1.807) is 45.8 Å². The van der Waals surface area contributed by atoms with Gasteiger partial charge in [0, 0.05) is 69.2 Å². The summed E-state index contributed by atoms with van der Waals surface area (Å²) in [5.74, 6) is 0.907. The molecule has 0 aliphatic carbocycles. The minimum Gasteiger partial charge on any atom is -0.369 e. The van der Waals surface area contributed by atoms with Crippen LogP contribution in [0.15, 0.2) is 55.2 Å². The van der Waals surface area contributed by atoms with Crippen LogP contribution >= 0.6 is 13.5 Å². The molecule has 0 radical (unpaired) electrons. The van der Waals surface area contributed by atoms with Gasteiger partial charge in [0.05, 0.1) is 23.3 Å². The molecule has 38 heavy (non-hydrogen) atoms. The van der Waals surface area contributed by atoms with E-state index >= 15 is 0 Å². The van der Waals surface area contributed by atoms with E-state index in [-0.39, 0.29) is 37.8 Å². The first-order valence-electron chi connectivity index (χ1n) is 11.8. The molecule has 3 aromatic heterocycles. The zero-order valence-corrected chi connectivity index (χ0v) is 22.7. The average molecular weight is 534 g/mol. The van der Waals surface area contributed by atoms with Crippen LogP contribution in [0.3, 0.4) is 0 Å². The number of aromatic nitrogens is 5. The third kappa shape index (κ3) is 6.51. The number of para-hydroxylation sites is 1. The highest BCUT2D eigenvalue weighted by atomic mass is 32.1. The van der Waals surface area contributed by atoms with Crippen LogP contribution in [0.4, 0.5) is 11.8 Å². The molecule has 0 saturated carbocycles. The van der Waals surface area contributed by atoms with Crippen molar-refractivity contribution in [3.8, 4) is 11.3 Å². The Morgan fingerprint density at radius 3 is 2.47 bits per heavy atom. The molecule has 0 saturated heterocycles. The van der Waals surface area contributed by atoms with E-state index in [2.05, 4.69) is 47.8 Å². The van der Waals surface area contributed by atoms with E-state index in [0.717, 1.165) is 22.0 Å². The van der Waals surface area contributed by atoms with Crippen LogP contribution in [0, 0.1) is 0 Å². The monoisotopic (exact) mass is 533 g/mol. The van der Waals surface area contributed by atoms with E-state index in [1.807, 2.05) is 24.3 Å². The molecule has 0 fully saturated rings. The lowest BCUT2D eigenvalue weighted by atomic mass is 9.96. The van der Waals surface area contributed by atoms with Gasteiger partial charge in [-0.2, -0.15) is 13.5 Å². The zero-order chi connectivity index (χ0) is 26.4. The van der Waals surface area contributed by atoms with Gasteiger partial charge in [0.2, 0.25) is 11.9 Å². The maximum Gasteiger partial charge on any atom is 0.251 e. The Balaban J connectivity index is 0.00000400. The van der Waals surface area contributed by atoms with Crippen LogP contribution in [0.5, 0.6) is 0 Å². The normalized spacial score (nSPS) is 11.3. The number of fused-ring (bicyclic) bond motifs is 1. The van der Waals surface area contributed by atoms with Crippen molar-refractivity contribution in [3.63, 3.8) is 0 Å². The van der Waals surface area contributed by atoms with Gasteiger partial charge in [-0.1, -0.05) is 25.1 Å². The number of pyridine rings is 1. The molecule has 11 nitrogen and oxygen atoms in total. The summed E-state index contributed by atoms with van der Waals surface area (Å²) in [5, 5.41) is 9.77. The molecule has 12 heteroatoms. The molecule has 3 heterocycles. The second kappa shape index (κ2) is 12.8. The first kappa shape index (κ1) is 28.3. The van der Waals surface area contributed by atoms with Crippen LogP contribution in [0.2, 0.25) is 0 Å². The molecule has 0 bridgehead atoms. The summed E-state index contributed by atoms with van der Waals surface area (Å²) < 4.78 is 0. The Morgan fingerprint density at radius 1 is 1.00 bits per heavy atom. The van der Waals surface area contributed by atoms with Gasteiger partial charge in [-0.25, -0.2) is 19.9 Å². The molecule has 0 unspecified atom stereocenters. The minimum atomic E-state index is -0.140. The predicted molar refractivity (Wildman–Crippen MR) is 153 cm³/mol. The third-order valence-electron chi connectivity index (χ3n) is 5.91. The fourth-order valence-electron chi connectivity index (χ4n) is 3.77. The van der Waals surface area contributed by atoms with Gasteiger partial charge in [-0.3, -0.25) is 14.6 Å². The second-order valence-electron chi connectivity index (χ2n) is 8.69. The summed E-state index contributed by atoms with van der Waals surface area (Å²) in [4.78, 5) is 47.3. The molecule has 1 atom stereocenters. The summed E-state index contributed by atoms with van der Waals surface area (Å²) in [6.07, 6.45) is 6.45. The maximum atomic E-state index is 12.3. The van der Waals surface area contributed by atoms with Gasteiger partial charge < -0.3 is 20.9 Å². The number of hydrogen-bond donors (Lipinski definition) is 3. The highest BCUT2D eigenvalue weighted by molar-refractivity contribution is 7.59. The SMILES string of the molecule is CNC(=O)c1ccnc2c([C@H](C)CNc3cc(-c4cnc(NCC(=O)N(C)C)nc4)ncn3)cccc12.S. The molecule has 0 aliphatic heterocycles. The van der Waals surface area contributed by atoms with Gasteiger partial charge in [-0.05, 0) is 11.6 Å². The molecule has 0 spiro atoms. The number of nitrogens with one attached hydrogen (secondary N) is 3. The number of hydrogen-bond acceptors (Lipinski definition) is 9. The first-order valence-corrected chi connectivity index (χ1v) is 11.8. The highest BCUT2D eigenvalue weighted by Gasteiger charge is 2.15. The predicted octanol–water partition coefficient (Wildman–Crippen LogP) is 2.67. The Labute approximate surface area is 228 Å². The molecule has 1 aromatic carbocycles. The van der Waals surface area contributed by atoms with Crippen molar-refractivity contribution in [3.05, 3.63) is 66.4 Å². The van der Waals surface area contributed by atoms with E-state index in [9.17, 15) is 9.59 Å². The molecule has 198 valence electrons. The number of amides is 2. The topological polar surface area (TPSA) is 138 Å². The molecule has 2 amide bonds. The van der Waals surface area contributed by atoms with Crippen molar-refractivity contribution in [1.82, 2.24) is 35.1 Å². The number of nitrogens with zero attached hydrogens (tertiary/aromatic N) is 6. The quantitative estimate of drug-likeness (QED) is 0.296. The van der Waals surface area contributed by atoms with Crippen molar-refractivity contribution in [2.45, 2.75) is 12.8 Å². The summed E-state index contributed by atoms with van der Waals surface area (Å²) in [7, 11) is 5.00. The van der Waals surface area contributed by atoms with Crippen molar-refractivity contribution in [2.75, 3.05) is 44.9 Å². The Morgan fingerprint density at radius 2 is 1.76 bits per heavy atom. The average Bonchev–Trinajstić information content (AvgIpc) is 2.93. The molecular weight excluding hydrogens is 502 g/mol. The number of benzene rings is 1. The lowest BCUT2D eigenvalue weighted by Gasteiger charge is -2.16. The van der Waals surface area contributed by atoms with E-state index in [1.165, 1.54) is 11.2 Å². The maximum absolute atomic E-state index is 12.3. The third-order valence-corrected chi connectivity index (χ3v) is 5.91. The smallest absolute Gasteiger partial charge is 0.251 e. The van der Waals surface area contributed by atoms with Gasteiger partial charge in [0.25, 0.3) is 5.91 Å². The number of anilines is 2. The Hall–Kier alpha value is -4.32. The van der Waals surface area contributed by atoms with Crippen molar-refractivity contribution in [2.24, 2.45) is 0 Å². The second-order valence-corrected chi connectivity index (χ2v) is 8.69. The van der Waals surface area contributed by atoms with Gasteiger partial charge in [0.15, 0.2) is 0 Å². The Kier molecular flexibility index (Phi) is 9.49. The van der Waals surface area contributed by atoms with Crippen LogP contribution < -0.4 is 16.0 Å². The van der Waals surface area contributed by atoms with Crippen LogP contribution in [-0.4, -0.2) is 75.9 Å². The van der Waals surface area contributed by atoms with Crippen molar-refractivity contribution < 1.29 is 9.59 Å². The van der Waals surface area contributed by atoms with Crippen LogP contribution in [0.1, 0.15) is 28.8 Å². The number of carbonyl (C=O) groups is 2. The zero-order valence-electron chi connectivity index (χ0n) is 21.7. The van der Waals surface area contributed by atoms with Gasteiger partial charge >= 0.3 is 0 Å². The van der Waals surface area contributed by atoms with Crippen LogP contribution in [0.25, 0.3) is 22.2 Å². The summed E-state index contributed by atoms with van der Waals surface area (Å²) in [6.45, 7) is 2.81. The van der Waals surface area contributed by atoms with Gasteiger partial charge in [0.1, 0.15) is 12.1 Å². The molecule has 4 rings (SSSR count). The fourth-order valence-corrected chi connectivity index (χ4v) is 3.77. The van der Waals surface area contributed by atoms with Crippen molar-refractivity contribution >= 4 is 48.0 Å². The fraction of sp³-hybridized carbons (Fsp3) is 0.269. The first-order chi connectivity index (χ1) is 17.9. The number of carbonyl (C=O) groups excluding carboxylic acids is 2. The minimum absolute atomic E-state index is 0. The molecular formula is C26H31N9O2S. The van der Waals surface area contributed by atoms with Crippen molar-refractivity contribution in [1.29, 1.82) is 0 Å². The summed E-state index contributed by atoms with van der Waals surface area (Å²) >= 11 is 0. The van der Waals surface area contributed by atoms with Crippen LogP contribution in [-0.2, 0) is 4.79 Å². The summed E-state index contributed by atoms with van der Waals surface area (Å²) in [6, 6.07) is 9.45. The van der Waals surface area contributed by atoms with E-state index in [0.29, 0.717) is 29.6 Å². The molecule has 0 aliphatic rings. The lowest BCUT2D eigenvalue weighted by Crippen LogP contribution is -2.29. The summed E-state index contributed by atoms with van der Waals surface area (Å²) in [5.41, 5.74) is 3.84. The lowest BCUT2D eigenvalue weighted by molar-refractivity contribution is -0.126. The molecule has 4 aromatic rings. The largest absolute Gasteiger partial charge is 0.369 e.